The number of hydrogen-bond acceptors (Lipinski definition) is 5. The van der Waals surface area contributed by atoms with Gasteiger partial charge < -0.3 is 9.73 Å². The van der Waals surface area contributed by atoms with Crippen molar-refractivity contribution in [2.75, 3.05) is 11.1 Å². The lowest BCUT2D eigenvalue weighted by Gasteiger charge is -2.13. The van der Waals surface area contributed by atoms with Crippen LogP contribution >= 0.6 is 35.0 Å². The van der Waals surface area contributed by atoms with Crippen molar-refractivity contribution in [3.8, 4) is 11.4 Å². The van der Waals surface area contributed by atoms with Crippen LogP contribution in [-0.4, -0.2) is 26.4 Å². The van der Waals surface area contributed by atoms with Crippen LogP contribution in [0.1, 0.15) is 25.6 Å². The zero-order chi connectivity index (χ0) is 19.6. The van der Waals surface area contributed by atoms with Gasteiger partial charge in [0.25, 0.3) is 0 Å². The maximum Gasteiger partial charge on any atom is 0.234 e. The van der Waals surface area contributed by atoms with E-state index in [1.807, 2.05) is 31.4 Å². The largest absolute Gasteiger partial charge is 0.469 e. The lowest BCUT2D eigenvalue weighted by atomic mass is 10.2. The van der Waals surface area contributed by atoms with Crippen LogP contribution in [0.5, 0.6) is 0 Å². The van der Waals surface area contributed by atoms with E-state index in [0.717, 1.165) is 11.3 Å². The Labute approximate surface area is 171 Å². The average Bonchev–Trinajstić information content (AvgIpc) is 3.22. The minimum Gasteiger partial charge on any atom is -0.469 e. The van der Waals surface area contributed by atoms with Gasteiger partial charge >= 0.3 is 0 Å². The molecule has 0 saturated carbocycles. The highest BCUT2D eigenvalue weighted by Crippen LogP contribution is 2.32. The fraction of sp³-hybridized carbons (Fsp3) is 0.278. The van der Waals surface area contributed by atoms with Crippen molar-refractivity contribution < 1.29 is 9.21 Å². The Hall–Kier alpha value is -1.96. The SMILES string of the molecule is Cc1occc1-c1nnc(SCC(=O)Nc2c(Cl)cccc2Cl)n1C(C)C. The second kappa shape index (κ2) is 8.37. The summed E-state index contributed by atoms with van der Waals surface area (Å²) < 4.78 is 7.36. The molecule has 0 bridgehead atoms. The van der Waals surface area contributed by atoms with E-state index in [0.29, 0.717) is 26.7 Å². The number of benzene rings is 1. The molecule has 6 nitrogen and oxygen atoms in total. The molecule has 142 valence electrons. The maximum absolute atomic E-state index is 12.3. The molecule has 27 heavy (non-hydrogen) atoms. The molecule has 9 heteroatoms. The van der Waals surface area contributed by atoms with Crippen molar-refractivity contribution in [2.45, 2.75) is 32.0 Å². The van der Waals surface area contributed by atoms with Crippen LogP contribution in [0.25, 0.3) is 11.4 Å². The molecule has 0 aliphatic heterocycles. The van der Waals surface area contributed by atoms with Crippen molar-refractivity contribution in [1.82, 2.24) is 14.8 Å². The quantitative estimate of drug-likeness (QED) is 0.531. The standard InChI is InChI=1S/C18H18Cl2N4O2S/c1-10(2)24-17(12-7-8-26-11(12)3)22-23-18(24)27-9-15(25)21-16-13(19)5-4-6-14(16)20/h4-8,10H,9H2,1-3H3,(H,21,25). The van der Waals surface area contributed by atoms with Gasteiger partial charge in [0.2, 0.25) is 5.91 Å². The van der Waals surface area contributed by atoms with Gasteiger partial charge in [-0.2, -0.15) is 0 Å². The number of nitrogens with one attached hydrogen (secondary N) is 1. The van der Waals surface area contributed by atoms with Crippen LogP contribution in [0.3, 0.4) is 0 Å². The van der Waals surface area contributed by atoms with Crippen LogP contribution < -0.4 is 5.32 Å². The summed E-state index contributed by atoms with van der Waals surface area (Å²) in [7, 11) is 0. The highest BCUT2D eigenvalue weighted by molar-refractivity contribution is 7.99. The Morgan fingerprint density at radius 3 is 2.56 bits per heavy atom. The van der Waals surface area contributed by atoms with Crippen LogP contribution in [-0.2, 0) is 4.79 Å². The van der Waals surface area contributed by atoms with Crippen molar-refractivity contribution in [1.29, 1.82) is 0 Å². The van der Waals surface area contributed by atoms with E-state index < -0.39 is 0 Å². The third kappa shape index (κ3) is 4.31. The summed E-state index contributed by atoms with van der Waals surface area (Å²) >= 11 is 13.5. The minimum absolute atomic E-state index is 0.118. The molecule has 0 saturated heterocycles. The predicted octanol–water partition coefficient (Wildman–Crippen LogP) is 5.47. The molecule has 0 aliphatic carbocycles. The van der Waals surface area contributed by atoms with Gasteiger partial charge in [-0.25, -0.2) is 0 Å². The van der Waals surface area contributed by atoms with Crippen LogP contribution in [0.2, 0.25) is 10.0 Å². The molecule has 3 rings (SSSR count). The third-order valence-electron chi connectivity index (χ3n) is 3.84. The molecular weight excluding hydrogens is 407 g/mol. The van der Waals surface area contributed by atoms with Crippen molar-refractivity contribution >= 4 is 46.6 Å². The smallest absolute Gasteiger partial charge is 0.234 e. The first kappa shape index (κ1) is 19.8. The molecule has 2 heterocycles. The van der Waals surface area contributed by atoms with E-state index >= 15 is 0 Å². The molecule has 0 fully saturated rings. The number of carbonyl (C=O) groups excluding carboxylic acids is 1. The highest BCUT2D eigenvalue weighted by Gasteiger charge is 2.20. The van der Waals surface area contributed by atoms with E-state index in [1.165, 1.54) is 11.8 Å². The van der Waals surface area contributed by atoms with Gasteiger partial charge in [0.05, 0.1) is 33.3 Å². The second-order valence-corrected chi connectivity index (χ2v) is 7.85. The summed E-state index contributed by atoms with van der Waals surface area (Å²) in [5.41, 5.74) is 1.29. The molecule has 0 aliphatic rings. The Morgan fingerprint density at radius 2 is 1.96 bits per heavy atom. The molecule has 0 spiro atoms. The molecule has 0 unspecified atom stereocenters. The Balaban J connectivity index is 1.76. The lowest BCUT2D eigenvalue weighted by molar-refractivity contribution is -0.113. The summed E-state index contributed by atoms with van der Waals surface area (Å²) in [5, 5.41) is 12.7. The zero-order valence-corrected chi connectivity index (χ0v) is 17.3. The van der Waals surface area contributed by atoms with Crippen molar-refractivity contribution in [3.05, 3.63) is 46.3 Å². The van der Waals surface area contributed by atoms with Gasteiger partial charge in [-0.3, -0.25) is 9.36 Å². The Bertz CT molecular complexity index is 948. The number of rotatable bonds is 6. The van der Waals surface area contributed by atoms with Crippen molar-refractivity contribution in [3.63, 3.8) is 0 Å². The van der Waals surface area contributed by atoms with Crippen LogP contribution in [0.15, 0.2) is 40.1 Å². The van der Waals surface area contributed by atoms with E-state index in [4.69, 9.17) is 27.6 Å². The number of carbonyl (C=O) groups is 1. The fourth-order valence-electron chi connectivity index (χ4n) is 2.56. The Kier molecular flexibility index (Phi) is 6.14. The number of furan rings is 1. The molecule has 0 radical (unpaired) electrons. The van der Waals surface area contributed by atoms with Gasteiger partial charge in [0.15, 0.2) is 11.0 Å². The number of para-hydroxylation sites is 1. The van der Waals surface area contributed by atoms with Gasteiger partial charge in [-0.1, -0.05) is 41.0 Å². The topological polar surface area (TPSA) is 72.9 Å². The van der Waals surface area contributed by atoms with Gasteiger partial charge in [-0.05, 0) is 39.0 Å². The summed E-state index contributed by atoms with van der Waals surface area (Å²) in [6, 6.07) is 7.04. The summed E-state index contributed by atoms with van der Waals surface area (Å²) in [5.74, 6) is 1.41. The number of hydrogen-bond donors (Lipinski definition) is 1. The molecule has 1 aromatic carbocycles. The van der Waals surface area contributed by atoms with Crippen LogP contribution in [0.4, 0.5) is 5.69 Å². The molecule has 3 aromatic rings. The number of amides is 1. The average molecular weight is 425 g/mol. The number of thioether (sulfide) groups is 1. The molecule has 1 amide bonds. The maximum atomic E-state index is 12.3. The van der Waals surface area contributed by atoms with Gasteiger partial charge in [-0.15, -0.1) is 10.2 Å². The van der Waals surface area contributed by atoms with E-state index in [1.54, 1.807) is 24.5 Å². The number of aryl methyl sites for hydroxylation is 1. The number of nitrogens with zero attached hydrogens (tertiary/aromatic N) is 3. The molecular formula is C18H18Cl2N4O2S. The first-order chi connectivity index (χ1) is 12.9. The first-order valence-electron chi connectivity index (χ1n) is 8.24. The van der Waals surface area contributed by atoms with Gasteiger partial charge in [0, 0.05) is 6.04 Å². The highest BCUT2D eigenvalue weighted by atomic mass is 35.5. The van der Waals surface area contributed by atoms with Crippen molar-refractivity contribution in [2.24, 2.45) is 0 Å². The summed E-state index contributed by atoms with van der Waals surface area (Å²) in [6.07, 6.45) is 1.62. The number of halogens is 2. The summed E-state index contributed by atoms with van der Waals surface area (Å²) in [6.45, 7) is 5.95. The normalized spacial score (nSPS) is 11.2. The molecule has 0 atom stereocenters. The second-order valence-electron chi connectivity index (χ2n) is 6.09. The minimum atomic E-state index is -0.227. The van der Waals surface area contributed by atoms with E-state index in [-0.39, 0.29) is 17.7 Å². The first-order valence-corrected chi connectivity index (χ1v) is 9.98. The monoisotopic (exact) mass is 424 g/mol. The lowest BCUT2D eigenvalue weighted by Crippen LogP contribution is -2.15. The predicted molar refractivity (Wildman–Crippen MR) is 109 cm³/mol. The molecule has 2 aromatic heterocycles. The Morgan fingerprint density at radius 1 is 1.26 bits per heavy atom. The number of anilines is 1. The third-order valence-corrected chi connectivity index (χ3v) is 5.41. The van der Waals surface area contributed by atoms with E-state index in [2.05, 4.69) is 15.5 Å². The summed E-state index contributed by atoms with van der Waals surface area (Å²) in [4.78, 5) is 12.3. The van der Waals surface area contributed by atoms with E-state index in [9.17, 15) is 4.79 Å². The fourth-order valence-corrected chi connectivity index (χ4v) is 3.92. The van der Waals surface area contributed by atoms with Gasteiger partial charge in [0.1, 0.15) is 5.76 Å². The number of aromatic nitrogens is 3. The van der Waals surface area contributed by atoms with Crippen LogP contribution in [0, 0.1) is 6.92 Å². The zero-order valence-electron chi connectivity index (χ0n) is 15.0. The molecule has 1 N–H and O–H groups in total.